The fraction of sp³-hybridized carbons (Fsp3) is 0.400. The third kappa shape index (κ3) is 8.36. The van der Waals surface area contributed by atoms with E-state index < -0.39 is 5.92 Å². The minimum atomic E-state index is -2.90. The fourth-order valence-electron chi connectivity index (χ4n) is 5.15. The van der Waals surface area contributed by atoms with E-state index in [0.29, 0.717) is 0 Å². The summed E-state index contributed by atoms with van der Waals surface area (Å²) in [6.07, 6.45) is 18.4. The molecular weight excluding hydrogens is 486 g/mol. The topological polar surface area (TPSA) is 16.1 Å². The summed E-state index contributed by atoms with van der Waals surface area (Å²) in [6.45, 7) is 17.4. The second-order valence-corrected chi connectivity index (χ2v) is 10.6. The lowest BCUT2D eigenvalue weighted by Gasteiger charge is -2.29. The van der Waals surface area contributed by atoms with E-state index in [1.54, 1.807) is 18.3 Å². The van der Waals surface area contributed by atoms with Crippen LogP contribution in [-0.2, 0) is 5.92 Å². The van der Waals surface area contributed by atoms with Crippen molar-refractivity contribution < 1.29 is 8.78 Å². The Bertz CT molecular complexity index is 1240. The SMILES string of the molecule is C=CCCN(CCC)/C(=C/C(=C\C)c1cc(-c2cccc(C(C)(F)F)c2)cnc1C)C(=C)C=C1CCCCC1. The highest BCUT2D eigenvalue weighted by atomic mass is 19.3. The van der Waals surface area contributed by atoms with Crippen LogP contribution < -0.4 is 0 Å². The van der Waals surface area contributed by atoms with Gasteiger partial charge in [0.15, 0.2) is 0 Å². The first-order chi connectivity index (χ1) is 18.7. The molecule has 39 heavy (non-hydrogen) atoms. The highest BCUT2D eigenvalue weighted by Crippen LogP contribution is 2.33. The second kappa shape index (κ2) is 14.2. The number of aryl methyl sites for hydroxylation is 1. The molecule has 0 spiro atoms. The van der Waals surface area contributed by atoms with Crippen molar-refractivity contribution in [2.75, 3.05) is 13.1 Å². The van der Waals surface area contributed by atoms with Gasteiger partial charge < -0.3 is 4.90 Å². The average Bonchev–Trinajstić information content (AvgIpc) is 2.92. The summed E-state index contributed by atoms with van der Waals surface area (Å²) in [5.74, 6) is -2.90. The van der Waals surface area contributed by atoms with Gasteiger partial charge in [-0.2, -0.15) is 0 Å². The molecule has 1 aromatic heterocycles. The van der Waals surface area contributed by atoms with Gasteiger partial charge in [0.25, 0.3) is 5.92 Å². The Morgan fingerprint density at radius 3 is 2.49 bits per heavy atom. The molecule has 0 bridgehead atoms. The van der Waals surface area contributed by atoms with Crippen LogP contribution in [0.25, 0.3) is 16.7 Å². The maximum Gasteiger partial charge on any atom is 0.270 e. The Balaban J connectivity index is 2.08. The first kappa shape index (κ1) is 30.3. The summed E-state index contributed by atoms with van der Waals surface area (Å²) in [7, 11) is 0. The van der Waals surface area contributed by atoms with E-state index in [0.717, 1.165) is 84.9 Å². The smallest absolute Gasteiger partial charge is 0.270 e. The Morgan fingerprint density at radius 2 is 1.85 bits per heavy atom. The van der Waals surface area contributed by atoms with Gasteiger partial charge in [-0.1, -0.05) is 61.9 Å². The van der Waals surface area contributed by atoms with Gasteiger partial charge in [-0.3, -0.25) is 4.98 Å². The minimum Gasteiger partial charge on any atom is -0.371 e. The molecule has 0 unspecified atom stereocenters. The summed E-state index contributed by atoms with van der Waals surface area (Å²) in [5.41, 5.74) is 8.08. The molecule has 4 heteroatoms. The van der Waals surface area contributed by atoms with Crippen molar-refractivity contribution in [3.8, 4) is 11.1 Å². The largest absolute Gasteiger partial charge is 0.371 e. The Hall–Kier alpha value is -3.27. The van der Waals surface area contributed by atoms with Crippen molar-refractivity contribution in [1.29, 1.82) is 0 Å². The van der Waals surface area contributed by atoms with Crippen LogP contribution in [0.5, 0.6) is 0 Å². The molecule has 1 aliphatic rings. The van der Waals surface area contributed by atoms with Gasteiger partial charge >= 0.3 is 0 Å². The molecule has 1 fully saturated rings. The second-order valence-electron chi connectivity index (χ2n) is 10.6. The monoisotopic (exact) mass is 530 g/mol. The van der Waals surface area contributed by atoms with E-state index >= 15 is 0 Å². The first-order valence-corrected chi connectivity index (χ1v) is 14.3. The van der Waals surface area contributed by atoms with Crippen molar-refractivity contribution in [3.63, 3.8) is 0 Å². The van der Waals surface area contributed by atoms with Gasteiger partial charge in [0.2, 0.25) is 0 Å². The predicted octanol–water partition coefficient (Wildman–Crippen LogP) is 10.2. The van der Waals surface area contributed by atoms with E-state index in [9.17, 15) is 8.78 Å². The Morgan fingerprint density at radius 1 is 1.10 bits per heavy atom. The summed E-state index contributed by atoms with van der Waals surface area (Å²) >= 11 is 0. The van der Waals surface area contributed by atoms with Gasteiger partial charge in [-0.15, -0.1) is 6.58 Å². The number of pyridine rings is 1. The van der Waals surface area contributed by atoms with Crippen LogP contribution in [0.15, 0.2) is 90.8 Å². The van der Waals surface area contributed by atoms with E-state index in [4.69, 9.17) is 0 Å². The molecule has 0 aliphatic heterocycles. The van der Waals surface area contributed by atoms with E-state index in [2.05, 4.69) is 54.3 Å². The highest BCUT2D eigenvalue weighted by molar-refractivity contribution is 5.80. The van der Waals surface area contributed by atoms with Crippen molar-refractivity contribution in [1.82, 2.24) is 9.88 Å². The van der Waals surface area contributed by atoms with Crippen molar-refractivity contribution in [2.24, 2.45) is 0 Å². The van der Waals surface area contributed by atoms with E-state index in [1.807, 2.05) is 26.0 Å². The molecule has 0 saturated heterocycles. The first-order valence-electron chi connectivity index (χ1n) is 14.3. The van der Waals surface area contributed by atoms with Crippen LogP contribution in [0.4, 0.5) is 8.78 Å². The molecule has 1 saturated carbocycles. The third-order valence-electron chi connectivity index (χ3n) is 7.34. The number of benzene rings is 1. The summed E-state index contributed by atoms with van der Waals surface area (Å²) in [6, 6.07) is 8.63. The molecule has 0 radical (unpaired) electrons. The van der Waals surface area contributed by atoms with Crippen LogP contribution in [-0.4, -0.2) is 23.0 Å². The normalized spacial score (nSPS) is 14.8. The molecule has 208 valence electrons. The van der Waals surface area contributed by atoms with Gasteiger partial charge in [-0.05, 0) is 87.3 Å². The average molecular weight is 531 g/mol. The third-order valence-corrected chi connectivity index (χ3v) is 7.34. The van der Waals surface area contributed by atoms with Gasteiger partial charge in [-0.25, -0.2) is 8.78 Å². The van der Waals surface area contributed by atoms with E-state index in [1.165, 1.54) is 30.9 Å². The van der Waals surface area contributed by atoms with E-state index in [-0.39, 0.29) is 5.56 Å². The van der Waals surface area contributed by atoms with Crippen molar-refractivity contribution >= 4 is 5.57 Å². The number of halogens is 2. The lowest BCUT2D eigenvalue weighted by Crippen LogP contribution is -2.26. The number of alkyl halides is 2. The molecule has 3 rings (SSSR count). The summed E-state index contributed by atoms with van der Waals surface area (Å²) in [4.78, 5) is 7.08. The van der Waals surface area contributed by atoms with Crippen LogP contribution in [0.3, 0.4) is 0 Å². The standard InChI is InChI=1S/C35H44F2N2/c1-7-10-20-39(19-8-2)34(26(4)21-28-15-12-11-13-16-28)24-29(9-3)33-23-31(25-38-27(33)5)30-17-14-18-32(22-30)35(6,36)37/h7,9,14,17-18,21-25H,1,4,8,10-13,15-16,19-20H2,2-3,5-6H3/b29-9+,34-24+. The predicted molar refractivity (Wildman–Crippen MR) is 163 cm³/mol. The minimum absolute atomic E-state index is 0.0000364. The number of rotatable bonds is 12. The van der Waals surface area contributed by atoms with Crippen molar-refractivity contribution in [3.05, 3.63) is 108 Å². The Kier molecular flexibility index (Phi) is 11.0. The summed E-state index contributed by atoms with van der Waals surface area (Å²) < 4.78 is 28.1. The van der Waals surface area contributed by atoms with Gasteiger partial charge in [0.1, 0.15) is 0 Å². The fourth-order valence-corrected chi connectivity index (χ4v) is 5.15. The molecule has 1 aromatic carbocycles. The number of nitrogens with zero attached hydrogens (tertiary/aromatic N) is 2. The zero-order chi connectivity index (χ0) is 28.4. The summed E-state index contributed by atoms with van der Waals surface area (Å²) in [5, 5.41) is 0. The van der Waals surface area contributed by atoms with Crippen LogP contribution >= 0.6 is 0 Å². The lowest BCUT2D eigenvalue weighted by molar-refractivity contribution is 0.0175. The zero-order valence-corrected chi connectivity index (χ0v) is 24.2. The zero-order valence-electron chi connectivity index (χ0n) is 24.2. The van der Waals surface area contributed by atoms with Gasteiger partial charge in [0.05, 0.1) is 0 Å². The van der Waals surface area contributed by atoms with Crippen LogP contribution in [0.1, 0.15) is 82.5 Å². The van der Waals surface area contributed by atoms with Crippen LogP contribution in [0, 0.1) is 6.92 Å². The van der Waals surface area contributed by atoms with Crippen LogP contribution in [0.2, 0.25) is 0 Å². The molecule has 2 nitrogen and oxygen atoms in total. The lowest BCUT2D eigenvalue weighted by atomic mass is 9.92. The quantitative estimate of drug-likeness (QED) is 0.200. The molecule has 1 heterocycles. The number of hydrogen-bond donors (Lipinski definition) is 0. The molecular formula is C35H44F2N2. The van der Waals surface area contributed by atoms with Crippen molar-refractivity contribution in [2.45, 2.75) is 78.6 Å². The number of hydrogen-bond acceptors (Lipinski definition) is 2. The maximum absolute atomic E-state index is 14.0. The Labute approximate surface area is 234 Å². The number of allylic oxidation sites excluding steroid dienone is 5. The number of aromatic nitrogens is 1. The molecule has 0 atom stereocenters. The molecule has 0 N–H and O–H groups in total. The molecule has 0 amide bonds. The highest BCUT2D eigenvalue weighted by Gasteiger charge is 2.24. The molecule has 1 aliphatic carbocycles. The molecule has 2 aromatic rings. The van der Waals surface area contributed by atoms with Gasteiger partial charge in [0, 0.05) is 54.3 Å². The maximum atomic E-state index is 14.0.